The van der Waals surface area contributed by atoms with Crippen molar-refractivity contribution < 1.29 is 4.52 Å². The summed E-state index contributed by atoms with van der Waals surface area (Å²) in [6, 6.07) is 16.0. The number of rotatable bonds is 5. The van der Waals surface area contributed by atoms with Crippen LogP contribution in [0.2, 0.25) is 0 Å². The quantitative estimate of drug-likeness (QED) is 0.500. The Morgan fingerprint density at radius 3 is 2.38 bits per heavy atom. The minimum Gasteiger partial charge on any atom is -0.334 e. The Morgan fingerprint density at radius 1 is 0.962 bits per heavy atom. The first-order valence-electron chi connectivity index (χ1n) is 8.07. The van der Waals surface area contributed by atoms with Crippen molar-refractivity contribution in [1.29, 1.82) is 0 Å². The van der Waals surface area contributed by atoms with Gasteiger partial charge in [-0.2, -0.15) is 9.67 Å². The lowest BCUT2D eigenvalue weighted by molar-refractivity contribution is 0.425. The summed E-state index contributed by atoms with van der Waals surface area (Å²) in [5.41, 5.74) is 4.19. The van der Waals surface area contributed by atoms with Crippen LogP contribution in [0.3, 0.4) is 0 Å². The van der Waals surface area contributed by atoms with Crippen LogP contribution in [0.4, 0.5) is 0 Å². The van der Waals surface area contributed by atoms with Gasteiger partial charge in [-0.15, -0.1) is 5.10 Å². The fourth-order valence-electron chi connectivity index (χ4n) is 2.37. The molecular weight excluding hydrogens is 348 g/mol. The maximum Gasteiger partial charge on any atom is 0.257 e. The van der Waals surface area contributed by atoms with Crippen molar-refractivity contribution in [3.05, 3.63) is 65.5 Å². The summed E-state index contributed by atoms with van der Waals surface area (Å²) in [5, 5.41) is 16.6. The van der Waals surface area contributed by atoms with E-state index in [1.165, 1.54) is 22.9 Å². The molecule has 0 fully saturated rings. The van der Waals surface area contributed by atoms with Gasteiger partial charge in [-0.25, -0.2) is 0 Å². The van der Waals surface area contributed by atoms with Crippen LogP contribution in [0, 0.1) is 13.8 Å². The lowest BCUT2D eigenvalue weighted by Gasteiger charge is -2.03. The highest BCUT2D eigenvalue weighted by Crippen LogP contribution is 2.23. The molecule has 2 aromatic heterocycles. The first-order valence-corrected chi connectivity index (χ1v) is 9.05. The van der Waals surface area contributed by atoms with E-state index in [0.717, 1.165) is 11.3 Å². The van der Waals surface area contributed by atoms with Crippen LogP contribution in [-0.4, -0.2) is 30.3 Å². The van der Waals surface area contributed by atoms with Crippen molar-refractivity contribution in [2.75, 3.05) is 0 Å². The minimum absolute atomic E-state index is 0.513. The standard InChI is InChI=1S/C18H16N6OS/c1-12-3-7-14(8-4-12)17-19-16(21-25-17)11-26-18-20-22-23-24(18)15-9-5-13(2)6-10-15/h3-10H,11H2,1-2H3. The molecule has 2 aromatic carbocycles. The molecule has 4 rings (SSSR count). The fraction of sp³-hybridized carbons (Fsp3) is 0.167. The molecule has 0 radical (unpaired) electrons. The molecule has 0 saturated carbocycles. The van der Waals surface area contributed by atoms with E-state index in [2.05, 4.69) is 25.7 Å². The van der Waals surface area contributed by atoms with Crippen LogP contribution in [0.5, 0.6) is 0 Å². The van der Waals surface area contributed by atoms with E-state index >= 15 is 0 Å². The van der Waals surface area contributed by atoms with Gasteiger partial charge in [-0.05, 0) is 48.5 Å². The van der Waals surface area contributed by atoms with E-state index < -0.39 is 0 Å². The van der Waals surface area contributed by atoms with Crippen molar-refractivity contribution in [1.82, 2.24) is 30.3 Å². The number of nitrogens with zero attached hydrogens (tertiary/aromatic N) is 6. The zero-order chi connectivity index (χ0) is 17.9. The first kappa shape index (κ1) is 16.5. The second-order valence-electron chi connectivity index (χ2n) is 5.88. The van der Waals surface area contributed by atoms with Gasteiger partial charge >= 0.3 is 0 Å². The number of tetrazole rings is 1. The molecule has 0 saturated heterocycles. The second-order valence-corrected chi connectivity index (χ2v) is 6.82. The number of hydrogen-bond acceptors (Lipinski definition) is 7. The molecule has 0 amide bonds. The van der Waals surface area contributed by atoms with Gasteiger partial charge in [0.05, 0.1) is 11.4 Å². The molecule has 4 aromatic rings. The second kappa shape index (κ2) is 7.09. The fourth-order valence-corrected chi connectivity index (χ4v) is 3.11. The molecule has 0 aliphatic carbocycles. The first-order chi connectivity index (χ1) is 12.7. The highest BCUT2D eigenvalue weighted by Gasteiger charge is 2.13. The van der Waals surface area contributed by atoms with Gasteiger partial charge in [-0.1, -0.05) is 52.3 Å². The third-order valence-electron chi connectivity index (χ3n) is 3.82. The number of hydrogen-bond donors (Lipinski definition) is 0. The Bertz CT molecular complexity index is 1010. The van der Waals surface area contributed by atoms with Crippen LogP contribution in [0.1, 0.15) is 17.0 Å². The summed E-state index contributed by atoms with van der Waals surface area (Å²) in [7, 11) is 0. The molecule has 0 aliphatic heterocycles. The molecule has 0 N–H and O–H groups in total. The van der Waals surface area contributed by atoms with Gasteiger partial charge in [0.25, 0.3) is 5.89 Å². The molecular formula is C18H16N6OS. The van der Waals surface area contributed by atoms with E-state index in [-0.39, 0.29) is 0 Å². The predicted molar refractivity (Wildman–Crippen MR) is 97.9 cm³/mol. The van der Waals surface area contributed by atoms with Crippen molar-refractivity contribution in [2.24, 2.45) is 0 Å². The molecule has 7 nitrogen and oxygen atoms in total. The third kappa shape index (κ3) is 3.50. The van der Waals surface area contributed by atoms with Gasteiger partial charge in [0.2, 0.25) is 5.16 Å². The number of aromatic nitrogens is 6. The monoisotopic (exact) mass is 364 g/mol. The molecule has 0 aliphatic rings. The van der Waals surface area contributed by atoms with Gasteiger partial charge in [-0.3, -0.25) is 0 Å². The summed E-state index contributed by atoms with van der Waals surface area (Å²) >= 11 is 1.46. The van der Waals surface area contributed by atoms with Gasteiger partial charge in [0.1, 0.15) is 0 Å². The molecule has 130 valence electrons. The summed E-state index contributed by atoms with van der Waals surface area (Å²) in [6.07, 6.45) is 0. The van der Waals surface area contributed by atoms with Gasteiger partial charge in [0, 0.05) is 5.56 Å². The Morgan fingerprint density at radius 2 is 1.65 bits per heavy atom. The van der Waals surface area contributed by atoms with Gasteiger partial charge < -0.3 is 4.52 Å². The maximum absolute atomic E-state index is 5.36. The molecule has 0 bridgehead atoms. The highest BCUT2D eigenvalue weighted by atomic mass is 32.2. The Balaban J connectivity index is 1.48. The predicted octanol–water partition coefficient (Wildman–Crippen LogP) is 3.62. The van der Waals surface area contributed by atoms with Crippen molar-refractivity contribution in [3.8, 4) is 17.1 Å². The van der Waals surface area contributed by atoms with Crippen LogP contribution < -0.4 is 0 Å². The molecule has 0 unspecified atom stereocenters. The lowest BCUT2D eigenvalue weighted by Crippen LogP contribution is -1.99. The average Bonchev–Trinajstić information content (AvgIpc) is 3.30. The smallest absolute Gasteiger partial charge is 0.257 e. The summed E-state index contributed by atoms with van der Waals surface area (Å²) in [4.78, 5) is 4.45. The Kier molecular flexibility index (Phi) is 4.49. The van der Waals surface area contributed by atoms with Gasteiger partial charge in [0.15, 0.2) is 5.82 Å². The van der Waals surface area contributed by atoms with E-state index in [9.17, 15) is 0 Å². The van der Waals surface area contributed by atoms with E-state index in [1.807, 2.05) is 62.4 Å². The molecule has 8 heteroatoms. The molecule has 26 heavy (non-hydrogen) atoms. The van der Waals surface area contributed by atoms with E-state index in [4.69, 9.17) is 4.52 Å². The highest BCUT2D eigenvalue weighted by molar-refractivity contribution is 7.98. The normalized spacial score (nSPS) is 11.0. The zero-order valence-electron chi connectivity index (χ0n) is 14.3. The van der Waals surface area contributed by atoms with Crippen LogP contribution in [0.15, 0.2) is 58.2 Å². The van der Waals surface area contributed by atoms with Crippen LogP contribution >= 0.6 is 11.8 Å². The summed E-state index contributed by atoms with van der Waals surface area (Å²) < 4.78 is 7.06. The largest absolute Gasteiger partial charge is 0.334 e. The van der Waals surface area contributed by atoms with Crippen molar-refractivity contribution >= 4 is 11.8 Å². The molecule has 0 atom stereocenters. The van der Waals surface area contributed by atoms with E-state index in [0.29, 0.717) is 22.6 Å². The topological polar surface area (TPSA) is 82.5 Å². The summed E-state index contributed by atoms with van der Waals surface area (Å²) in [5.74, 6) is 1.63. The lowest BCUT2D eigenvalue weighted by atomic mass is 10.1. The zero-order valence-corrected chi connectivity index (χ0v) is 15.1. The summed E-state index contributed by atoms with van der Waals surface area (Å²) in [6.45, 7) is 4.08. The average molecular weight is 364 g/mol. The molecule has 0 spiro atoms. The number of benzene rings is 2. The van der Waals surface area contributed by atoms with E-state index in [1.54, 1.807) is 4.68 Å². The number of aryl methyl sites for hydroxylation is 2. The maximum atomic E-state index is 5.36. The molecule has 2 heterocycles. The Labute approximate surface area is 154 Å². The minimum atomic E-state index is 0.513. The SMILES string of the molecule is Cc1ccc(-c2nc(CSc3nnnn3-c3ccc(C)cc3)no2)cc1. The number of thioether (sulfide) groups is 1. The Hall–Kier alpha value is -3.00. The third-order valence-corrected chi connectivity index (χ3v) is 4.73. The van der Waals surface area contributed by atoms with Crippen molar-refractivity contribution in [3.63, 3.8) is 0 Å². The van der Waals surface area contributed by atoms with Crippen LogP contribution in [-0.2, 0) is 5.75 Å². The van der Waals surface area contributed by atoms with Crippen molar-refractivity contribution in [2.45, 2.75) is 24.8 Å². The van der Waals surface area contributed by atoms with Crippen LogP contribution in [0.25, 0.3) is 17.1 Å².